The molecular weight excluding hydrogens is 476 g/mol. The summed E-state index contributed by atoms with van der Waals surface area (Å²) in [7, 11) is -0.872. The molecular formula is C21H23ClN2O6S2. The van der Waals surface area contributed by atoms with Crippen molar-refractivity contribution < 1.29 is 27.5 Å². The highest BCUT2D eigenvalue weighted by atomic mass is 35.5. The van der Waals surface area contributed by atoms with E-state index in [4.69, 9.17) is 21.1 Å². The molecule has 1 aliphatic heterocycles. The van der Waals surface area contributed by atoms with E-state index >= 15 is 0 Å². The Hall–Kier alpha value is -2.43. The molecule has 1 heterocycles. The summed E-state index contributed by atoms with van der Waals surface area (Å²) >= 11 is 7.61. The lowest BCUT2D eigenvalue weighted by atomic mass is 10.2. The van der Waals surface area contributed by atoms with Gasteiger partial charge in [0.2, 0.25) is 11.8 Å². The molecule has 0 saturated heterocycles. The van der Waals surface area contributed by atoms with Crippen molar-refractivity contribution in [2.75, 3.05) is 30.6 Å². The number of hydrogen-bond acceptors (Lipinski definition) is 7. The molecule has 0 fully saturated rings. The maximum absolute atomic E-state index is 12.8. The average Bonchev–Trinajstić information content (AvgIpc) is 2.88. The van der Waals surface area contributed by atoms with Gasteiger partial charge in [-0.2, -0.15) is 0 Å². The zero-order valence-corrected chi connectivity index (χ0v) is 20.1. The average molecular weight is 499 g/mol. The van der Waals surface area contributed by atoms with E-state index in [1.54, 1.807) is 6.07 Å². The minimum absolute atomic E-state index is 0.0459. The molecule has 1 aliphatic rings. The van der Waals surface area contributed by atoms with E-state index in [9.17, 15) is 18.0 Å². The predicted octanol–water partition coefficient (Wildman–Crippen LogP) is 3.98. The number of sulfone groups is 1. The Balaban J connectivity index is 1.71. The Morgan fingerprint density at radius 3 is 2.62 bits per heavy atom. The summed E-state index contributed by atoms with van der Waals surface area (Å²) in [6.45, 7) is 1.94. The number of carbonyl (C=O) groups excluding carboxylic acids is 2. The standard InChI is InChI=1S/C21H23ClN2O6S2/c1-12-8-21(26)24-16-9-13(4-5-19(16)31-12)32(27,28)7-6-20(25)23-15-10-14(22)17(29-2)11-18(15)30-3/h4-5,9-12H,6-8H2,1-3H3,(H,23,25)(H,24,26). The fourth-order valence-corrected chi connectivity index (χ4v) is 5.69. The number of rotatable bonds is 7. The summed E-state index contributed by atoms with van der Waals surface area (Å²) in [5.74, 6) is -0.366. The first-order valence-corrected chi connectivity index (χ1v) is 12.6. The molecule has 2 N–H and O–H groups in total. The van der Waals surface area contributed by atoms with E-state index in [0.29, 0.717) is 29.3 Å². The molecule has 0 aromatic heterocycles. The third-order valence-electron chi connectivity index (χ3n) is 4.73. The number of amides is 2. The molecule has 8 nitrogen and oxygen atoms in total. The highest BCUT2D eigenvalue weighted by Crippen LogP contribution is 2.37. The molecule has 2 aromatic rings. The topological polar surface area (TPSA) is 111 Å². The summed E-state index contributed by atoms with van der Waals surface area (Å²) < 4.78 is 36.0. The fourth-order valence-electron chi connectivity index (χ4n) is 3.14. The summed E-state index contributed by atoms with van der Waals surface area (Å²) in [4.78, 5) is 25.2. The number of anilines is 2. The molecule has 0 radical (unpaired) electrons. The van der Waals surface area contributed by atoms with Gasteiger partial charge in [-0.05, 0) is 24.3 Å². The molecule has 0 saturated carbocycles. The van der Waals surface area contributed by atoms with Gasteiger partial charge in [0.25, 0.3) is 0 Å². The van der Waals surface area contributed by atoms with Crippen LogP contribution in [0.15, 0.2) is 40.1 Å². The first-order chi connectivity index (χ1) is 15.1. The minimum Gasteiger partial charge on any atom is -0.495 e. The second-order valence-electron chi connectivity index (χ2n) is 7.14. The van der Waals surface area contributed by atoms with E-state index in [1.165, 1.54) is 50.2 Å². The molecule has 2 aromatic carbocycles. The largest absolute Gasteiger partial charge is 0.495 e. The quantitative estimate of drug-likeness (QED) is 0.593. The van der Waals surface area contributed by atoms with Crippen molar-refractivity contribution in [2.45, 2.75) is 34.8 Å². The van der Waals surface area contributed by atoms with Crippen LogP contribution in [0.4, 0.5) is 11.4 Å². The summed E-state index contributed by atoms with van der Waals surface area (Å²) in [5.41, 5.74) is 0.770. The Kier molecular flexibility index (Phi) is 7.58. The summed E-state index contributed by atoms with van der Waals surface area (Å²) in [6, 6.07) is 7.61. The molecule has 1 unspecified atom stereocenters. The fraction of sp³-hybridized carbons (Fsp3) is 0.333. The van der Waals surface area contributed by atoms with Gasteiger partial charge in [-0.3, -0.25) is 9.59 Å². The van der Waals surface area contributed by atoms with Crippen molar-refractivity contribution in [2.24, 2.45) is 0 Å². The number of thioether (sulfide) groups is 1. The van der Waals surface area contributed by atoms with Crippen LogP contribution in [0, 0.1) is 0 Å². The van der Waals surface area contributed by atoms with Crippen LogP contribution in [0.1, 0.15) is 19.8 Å². The smallest absolute Gasteiger partial charge is 0.225 e. The number of ether oxygens (including phenoxy) is 2. The van der Waals surface area contributed by atoms with Crippen LogP contribution in [-0.2, 0) is 19.4 Å². The van der Waals surface area contributed by atoms with Crippen LogP contribution in [-0.4, -0.2) is 45.5 Å². The molecule has 0 aliphatic carbocycles. The zero-order chi connectivity index (χ0) is 23.5. The van der Waals surface area contributed by atoms with Gasteiger partial charge in [0, 0.05) is 29.1 Å². The van der Waals surface area contributed by atoms with Crippen LogP contribution in [0.3, 0.4) is 0 Å². The van der Waals surface area contributed by atoms with Gasteiger partial charge >= 0.3 is 0 Å². The maximum Gasteiger partial charge on any atom is 0.225 e. The van der Waals surface area contributed by atoms with Gasteiger partial charge in [0.15, 0.2) is 9.84 Å². The van der Waals surface area contributed by atoms with E-state index < -0.39 is 21.5 Å². The van der Waals surface area contributed by atoms with Crippen LogP contribution < -0.4 is 20.1 Å². The Morgan fingerprint density at radius 2 is 1.94 bits per heavy atom. The second kappa shape index (κ2) is 10.0. The number of nitrogens with one attached hydrogen (secondary N) is 2. The van der Waals surface area contributed by atoms with Gasteiger partial charge in [0.05, 0.1) is 41.3 Å². The number of fused-ring (bicyclic) bond motifs is 1. The second-order valence-corrected chi connectivity index (χ2v) is 11.1. The molecule has 3 rings (SSSR count). The lowest BCUT2D eigenvalue weighted by Crippen LogP contribution is -2.18. The lowest BCUT2D eigenvalue weighted by molar-refractivity contribution is -0.116. The Labute approximate surface area is 195 Å². The number of hydrogen-bond donors (Lipinski definition) is 2. The van der Waals surface area contributed by atoms with Crippen LogP contribution in [0.2, 0.25) is 5.02 Å². The molecule has 11 heteroatoms. The molecule has 172 valence electrons. The van der Waals surface area contributed by atoms with Gasteiger partial charge in [-0.1, -0.05) is 18.5 Å². The SMILES string of the molecule is COc1cc(OC)c(NC(=O)CCS(=O)(=O)c2ccc3c(c2)NC(=O)CC(C)S3)cc1Cl. The molecule has 2 amide bonds. The van der Waals surface area contributed by atoms with Crippen molar-refractivity contribution in [1.29, 1.82) is 0 Å². The van der Waals surface area contributed by atoms with Gasteiger partial charge in [-0.25, -0.2) is 8.42 Å². The predicted molar refractivity (Wildman–Crippen MR) is 125 cm³/mol. The van der Waals surface area contributed by atoms with Gasteiger partial charge in [-0.15, -0.1) is 11.8 Å². The first kappa shape index (κ1) is 24.2. The number of carbonyl (C=O) groups is 2. The van der Waals surface area contributed by atoms with Crippen molar-refractivity contribution >= 4 is 56.4 Å². The van der Waals surface area contributed by atoms with Crippen LogP contribution in [0.5, 0.6) is 11.5 Å². The van der Waals surface area contributed by atoms with Crippen molar-refractivity contribution in [1.82, 2.24) is 0 Å². The third kappa shape index (κ3) is 5.67. The van der Waals surface area contributed by atoms with Crippen molar-refractivity contribution in [3.63, 3.8) is 0 Å². The highest BCUT2D eigenvalue weighted by molar-refractivity contribution is 8.00. The summed E-state index contributed by atoms with van der Waals surface area (Å²) in [6.07, 6.45) is 0.0742. The number of benzene rings is 2. The monoisotopic (exact) mass is 498 g/mol. The van der Waals surface area contributed by atoms with E-state index in [1.807, 2.05) is 6.92 Å². The van der Waals surface area contributed by atoms with Gasteiger partial charge < -0.3 is 20.1 Å². The Morgan fingerprint density at radius 1 is 1.22 bits per heavy atom. The number of halogens is 1. The zero-order valence-electron chi connectivity index (χ0n) is 17.7. The first-order valence-electron chi connectivity index (χ1n) is 9.67. The van der Waals surface area contributed by atoms with E-state index in [0.717, 1.165) is 4.90 Å². The Bertz CT molecular complexity index is 1150. The van der Waals surface area contributed by atoms with E-state index in [2.05, 4.69) is 10.6 Å². The maximum atomic E-state index is 12.8. The summed E-state index contributed by atoms with van der Waals surface area (Å²) in [5, 5.41) is 5.73. The van der Waals surface area contributed by atoms with Crippen LogP contribution >= 0.6 is 23.4 Å². The third-order valence-corrected chi connectivity index (χ3v) is 7.92. The molecule has 1 atom stereocenters. The highest BCUT2D eigenvalue weighted by Gasteiger charge is 2.23. The molecule has 0 bridgehead atoms. The molecule has 0 spiro atoms. The lowest BCUT2D eigenvalue weighted by Gasteiger charge is -2.13. The molecule has 32 heavy (non-hydrogen) atoms. The van der Waals surface area contributed by atoms with Crippen molar-refractivity contribution in [3.8, 4) is 11.5 Å². The van der Waals surface area contributed by atoms with Gasteiger partial charge in [0.1, 0.15) is 11.5 Å². The number of methoxy groups -OCH3 is 2. The van der Waals surface area contributed by atoms with E-state index in [-0.39, 0.29) is 27.5 Å². The van der Waals surface area contributed by atoms with Crippen molar-refractivity contribution in [3.05, 3.63) is 35.4 Å². The van der Waals surface area contributed by atoms with Crippen LogP contribution in [0.25, 0.3) is 0 Å². The normalized spacial score (nSPS) is 15.9. The minimum atomic E-state index is -3.76.